The van der Waals surface area contributed by atoms with Crippen molar-refractivity contribution >= 4 is 16.8 Å². The van der Waals surface area contributed by atoms with Crippen LogP contribution in [0.15, 0.2) is 59.4 Å². The molecule has 4 aromatic rings. The van der Waals surface area contributed by atoms with Gasteiger partial charge in [0.25, 0.3) is 5.56 Å². The lowest BCUT2D eigenvalue weighted by atomic mass is 10.1. The molecule has 0 unspecified atom stereocenters. The number of nitrogens with one attached hydrogen (secondary N) is 1. The maximum Gasteiger partial charge on any atom is 0.295 e. The predicted octanol–water partition coefficient (Wildman–Crippen LogP) is 3.38. The molecule has 7 nitrogen and oxygen atoms in total. The Morgan fingerprint density at radius 1 is 1.00 bits per heavy atom. The summed E-state index contributed by atoms with van der Waals surface area (Å²) in [6.45, 7) is 7.83. The van der Waals surface area contributed by atoms with Crippen molar-refractivity contribution in [3.8, 4) is 5.69 Å². The fraction of sp³-hybridized carbons (Fsp3) is 0.250. The Morgan fingerprint density at radius 3 is 2.35 bits per heavy atom. The molecule has 0 spiro atoms. The molecule has 0 bridgehead atoms. The number of aromatic nitrogens is 4. The van der Waals surface area contributed by atoms with Crippen molar-refractivity contribution in [1.29, 1.82) is 0 Å². The molecule has 2 heterocycles. The van der Waals surface area contributed by atoms with Crippen LogP contribution in [0, 0.1) is 20.8 Å². The van der Waals surface area contributed by atoms with Gasteiger partial charge < -0.3 is 5.32 Å². The van der Waals surface area contributed by atoms with Crippen LogP contribution < -0.4 is 10.9 Å². The summed E-state index contributed by atoms with van der Waals surface area (Å²) in [5.41, 5.74) is 4.46. The van der Waals surface area contributed by atoms with E-state index in [1.54, 1.807) is 11.6 Å². The van der Waals surface area contributed by atoms with E-state index in [0.717, 1.165) is 27.9 Å². The highest BCUT2D eigenvalue weighted by molar-refractivity contribution is 5.84. The van der Waals surface area contributed by atoms with Gasteiger partial charge in [0.05, 0.1) is 22.5 Å². The predicted molar refractivity (Wildman–Crippen MR) is 120 cm³/mol. The van der Waals surface area contributed by atoms with Gasteiger partial charge >= 0.3 is 0 Å². The topological polar surface area (TPSA) is 81.8 Å². The van der Waals surface area contributed by atoms with E-state index in [-0.39, 0.29) is 11.5 Å². The SMILES string of the molecule is Cc1ccc(CNC(=O)[C@@H](C)n2nc(C)c3c(C)n(-c4ccccc4)nc3c2=O)cc1. The first kappa shape index (κ1) is 20.5. The molecule has 2 aromatic carbocycles. The number of amides is 1. The Kier molecular flexibility index (Phi) is 5.42. The van der Waals surface area contributed by atoms with Crippen LogP contribution in [0.1, 0.15) is 35.5 Å². The Labute approximate surface area is 180 Å². The smallest absolute Gasteiger partial charge is 0.295 e. The van der Waals surface area contributed by atoms with Crippen molar-refractivity contribution in [2.24, 2.45) is 0 Å². The maximum absolute atomic E-state index is 13.2. The molecule has 1 N–H and O–H groups in total. The molecule has 0 aliphatic rings. The first-order valence-electron chi connectivity index (χ1n) is 10.2. The van der Waals surface area contributed by atoms with Gasteiger partial charge in [-0.15, -0.1) is 0 Å². The molecule has 0 aliphatic heterocycles. The number of hydrogen-bond acceptors (Lipinski definition) is 4. The largest absolute Gasteiger partial charge is 0.350 e. The third-order valence-electron chi connectivity index (χ3n) is 5.48. The second kappa shape index (κ2) is 8.18. The highest BCUT2D eigenvalue weighted by atomic mass is 16.2. The minimum absolute atomic E-state index is 0.270. The molecule has 0 fully saturated rings. The zero-order chi connectivity index (χ0) is 22.1. The summed E-state index contributed by atoms with van der Waals surface area (Å²) in [4.78, 5) is 25.9. The molecular formula is C24H25N5O2. The third-order valence-corrected chi connectivity index (χ3v) is 5.48. The van der Waals surface area contributed by atoms with Gasteiger partial charge in [-0.25, -0.2) is 9.36 Å². The van der Waals surface area contributed by atoms with E-state index < -0.39 is 6.04 Å². The molecule has 4 rings (SSSR count). The third kappa shape index (κ3) is 3.86. The van der Waals surface area contributed by atoms with Gasteiger partial charge in [-0.3, -0.25) is 9.59 Å². The second-order valence-electron chi connectivity index (χ2n) is 7.77. The van der Waals surface area contributed by atoms with Gasteiger partial charge in [0, 0.05) is 6.54 Å². The van der Waals surface area contributed by atoms with Crippen molar-refractivity contribution in [1.82, 2.24) is 24.9 Å². The Bertz CT molecular complexity index is 1300. The molecule has 0 aliphatic carbocycles. The van der Waals surface area contributed by atoms with Gasteiger partial charge in [0.2, 0.25) is 5.91 Å². The maximum atomic E-state index is 13.2. The normalized spacial score (nSPS) is 12.1. The number of carbonyl (C=O) groups excluding carboxylic acids is 1. The van der Waals surface area contributed by atoms with Crippen LogP contribution >= 0.6 is 0 Å². The summed E-state index contributed by atoms with van der Waals surface area (Å²) in [5, 5.41) is 12.6. The first-order valence-corrected chi connectivity index (χ1v) is 10.2. The van der Waals surface area contributed by atoms with Crippen molar-refractivity contribution < 1.29 is 4.79 Å². The Balaban J connectivity index is 1.66. The number of rotatable bonds is 5. The van der Waals surface area contributed by atoms with Gasteiger partial charge in [-0.05, 0) is 45.4 Å². The second-order valence-corrected chi connectivity index (χ2v) is 7.77. The molecule has 1 atom stereocenters. The fourth-order valence-corrected chi connectivity index (χ4v) is 3.69. The molecule has 158 valence electrons. The summed E-state index contributed by atoms with van der Waals surface area (Å²) in [5.74, 6) is -0.270. The number of aryl methyl sites for hydroxylation is 3. The fourth-order valence-electron chi connectivity index (χ4n) is 3.69. The molecule has 0 radical (unpaired) electrons. The quantitative estimate of drug-likeness (QED) is 0.542. The monoisotopic (exact) mass is 415 g/mol. The van der Waals surface area contributed by atoms with E-state index in [1.807, 2.05) is 75.4 Å². The summed E-state index contributed by atoms with van der Waals surface area (Å²) in [6.07, 6.45) is 0. The lowest BCUT2D eigenvalue weighted by molar-refractivity contribution is -0.124. The number of carbonyl (C=O) groups is 1. The summed E-state index contributed by atoms with van der Waals surface area (Å²) in [7, 11) is 0. The van der Waals surface area contributed by atoms with Crippen molar-refractivity contribution in [2.75, 3.05) is 0 Å². The molecular weight excluding hydrogens is 390 g/mol. The van der Waals surface area contributed by atoms with Crippen LogP contribution in [0.4, 0.5) is 0 Å². The molecule has 31 heavy (non-hydrogen) atoms. The lowest BCUT2D eigenvalue weighted by Crippen LogP contribution is -2.37. The van der Waals surface area contributed by atoms with Gasteiger partial charge in [-0.1, -0.05) is 48.0 Å². The first-order chi connectivity index (χ1) is 14.9. The van der Waals surface area contributed by atoms with Crippen LogP contribution in [-0.2, 0) is 11.3 Å². The molecule has 0 saturated carbocycles. The van der Waals surface area contributed by atoms with Crippen LogP contribution in [0.5, 0.6) is 0 Å². The van der Waals surface area contributed by atoms with Gasteiger partial charge in [-0.2, -0.15) is 10.2 Å². The average Bonchev–Trinajstić information content (AvgIpc) is 3.14. The zero-order valence-electron chi connectivity index (χ0n) is 18.1. The Morgan fingerprint density at radius 2 is 1.68 bits per heavy atom. The van der Waals surface area contributed by atoms with E-state index in [1.165, 1.54) is 4.68 Å². The molecule has 2 aromatic heterocycles. The van der Waals surface area contributed by atoms with Crippen molar-refractivity contribution in [3.63, 3.8) is 0 Å². The highest BCUT2D eigenvalue weighted by Gasteiger charge is 2.23. The Hall–Kier alpha value is -3.74. The van der Waals surface area contributed by atoms with Crippen molar-refractivity contribution in [2.45, 2.75) is 40.3 Å². The lowest BCUT2D eigenvalue weighted by Gasteiger charge is -2.15. The number of nitrogens with zero attached hydrogens (tertiary/aromatic N) is 4. The number of benzene rings is 2. The van der Waals surface area contributed by atoms with E-state index in [4.69, 9.17) is 0 Å². The van der Waals surface area contributed by atoms with E-state index in [2.05, 4.69) is 15.5 Å². The highest BCUT2D eigenvalue weighted by Crippen LogP contribution is 2.21. The van der Waals surface area contributed by atoms with E-state index >= 15 is 0 Å². The van der Waals surface area contributed by atoms with Crippen molar-refractivity contribution in [3.05, 3.63) is 87.5 Å². The number of para-hydroxylation sites is 1. The molecule has 7 heteroatoms. The standard InChI is InChI=1S/C24H25N5O2/c1-15-10-12-19(13-11-15)14-25-23(30)18(4)29-24(31)22-21(16(2)26-29)17(3)28(27-22)20-8-6-5-7-9-20/h5-13,18H,14H2,1-4H3,(H,25,30)/t18-/m1/s1. The van der Waals surface area contributed by atoms with Crippen LogP contribution in [0.2, 0.25) is 0 Å². The molecule has 1 amide bonds. The summed E-state index contributed by atoms with van der Waals surface area (Å²) >= 11 is 0. The molecule has 0 saturated heterocycles. The van der Waals surface area contributed by atoms with Crippen LogP contribution in [-0.4, -0.2) is 25.5 Å². The minimum Gasteiger partial charge on any atom is -0.350 e. The minimum atomic E-state index is -0.761. The summed E-state index contributed by atoms with van der Waals surface area (Å²) < 4.78 is 2.97. The van der Waals surface area contributed by atoms with Crippen LogP contribution in [0.3, 0.4) is 0 Å². The summed E-state index contributed by atoms with van der Waals surface area (Å²) in [6, 6.07) is 16.8. The van der Waals surface area contributed by atoms with Crippen LogP contribution in [0.25, 0.3) is 16.6 Å². The van der Waals surface area contributed by atoms with Gasteiger partial charge in [0.1, 0.15) is 6.04 Å². The van der Waals surface area contributed by atoms with E-state index in [0.29, 0.717) is 17.8 Å². The number of hydrogen-bond donors (Lipinski definition) is 1. The van der Waals surface area contributed by atoms with E-state index in [9.17, 15) is 9.59 Å². The van der Waals surface area contributed by atoms with Gasteiger partial charge in [0.15, 0.2) is 5.52 Å². The zero-order valence-corrected chi connectivity index (χ0v) is 18.1. The number of fused-ring (bicyclic) bond motifs is 1. The average molecular weight is 415 g/mol.